The van der Waals surface area contributed by atoms with E-state index in [2.05, 4.69) is 32.1 Å². The van der Waals surface area contributed by atoms with Crippen LogP contribution in [0.1, 0.15) is 26.3 Å². The minimum absolute atomic E-state index is 0.0305. The normalized spacial score (nSPS) is 9.96. The first-order valence-corrected chi connectivity index (χ1v) is 8.38. The van der Waals surface area contributed by atoms with Gasteiger partial charge in [-0.2, -0.15) is 0 Å². The van der Waals surface area contributed by atoms with Gasteiger partial charge in [-0.25, -0.2) is 0 Å². The van der Waals surface area contributed by atoms with Crippen molar-refractivity contribution in [1.29, 1.82) is 0 Å². The Kier molecular flexibility index (Phi) is 6.30. The average molecular weight is 427 g/mol. The summed E-state index contributed by atoms with van der Waals surface area (Å²) in [6.07, 6.45) is 0. The maximum absolute atomic E-state index is 12.1. The summed E-state index contributed by atoms with van der Waals surface area (Å²) in [4.78, 5) is 24.1. The van der Waals surface area contributed by atoms with E-state index in [1.165, 1.54) is 0 Å². The molecule has 5 nitrogen and oxygen atoms in total. The van der Waals surface area contributed by atoms with Crippen molar-refractivity contribution in [3.8, 4) is 0 Å². The Bertz CT molecular complexity index is 814. The molecule has 8 heteroatoms. The maximum Gasteiger partial charge on any atom is 0.271 e. The van der Waals surface area contributed by atoms with E-state index in [4.69, 9.17) is 23.8 Å². The van der Waals surface area contributed by atoms with Gasteiger partial charge in [-0.1, -0.05) is 45.7 Å². The van der Waals surface area contributed by atoms with Crippen LogP contribution in [0.3, 0.4) is 0 Å². The van der Waals surface area contributed by atoms with Crippen LogP contribution in [0.15, 0.2) is 46.9 Å². The van der Waals surface area contributed by atoms with Crippen LogP contribution in [0.5, 0.6) is 0 Å². The number of rotatable bonds is 2. The summed E-state index contributed by atoms with van der Waals surface area (Å²) in [5.41, 5.74) is 6.59. The van der Waals surface area contributed by atoms with E-state index in [1.54, 1.807) is 36.4 Å². The van der Waals surface area contributed by atoms with Gasteiger partial charge in [0.15, 0.2) is 5.11 Å². The lowest BCUT2D eigenvalue weighted by atomic mass is 10.1. The number of carbonyl (C=O) groups is 2. The largest absolute Gasteiger partial charge is 0.298 e. The lowest BCUT2D eigenvalue weighted by Crippen LogP contribution is -2.48. The van der Waals surface area contributed by atoms with Gasteiger partial charge in [-0.05, 0) is 49.0 Å². The van der Waals surface area contributed by atoms with Crippen molar-refractivity contribution < 1.29 is 9.59 Å². The van der Waals surface area contributed by atoms with Crippen LogP contribution in [-0.4, -0.2) is 16.9 Å². The van der Waals surface area contributed by atoms with E-state index in [9.17, 15) is 9.59 Å². The van der Waals surface area contributed by atoms with Gasteiger partial charge in [0.25, 0.3) is 11.8 Å². The molecule has 0 heterocycles. The minimum Gasteiger partial charge on any atom is -0.298 e. The molecule has 0 aromatic heterocycles. The molecular weight excluding hydrogens is 414 g/mol. The number of hydrogen-bond donors (Lipinski definition) is 3. The van der Waals surface area contributed by atoms with Gasteiger partial charge in [0.1, 0.15) is 0 Å². The van der Waals surface area contributed by atoms with E-state index in [0.29, 0.717) is 16.1 Å². The second-order valence-corrected chi connectivity index (χ2v) is 6.48. The molecule has 2 aromatic carbocycles. The lowest BCUT2D eigenvalue weighted by Gasteiger charge is -2.11. The number of benzene rings is 2. The maximum atomic E-state index is 12.1. The van der Waals surface area contributed by atoms with Gasteiger partial charge in [0.2, 0.25) is 0 Å². The Morgan fingerprint density at radius 1 is 1.08 bits per heavy atom. The lowest BCUT2D eigenvalue weighted by molar-refractivity contribution is 0.0934. The van der Waals surface area contributed by atoms with E-state index in [-0.39, 0.29) is 11.0 Å². The van der Waals surface area contributed by atoms with E-state index < -0.39 is 5.91 Å². The van der Waals surface area contributed by atoms with Crippen LogP contribution in [0.2, 0.25) is 5.02 Å². The van der Waals surface area contributed by atoms with Crippen LogP contribution < -0.4 is 16.2 Å². The molecule has 0 fully saturated rings. The number of hydrazine groups is 1. The summed E-state index contributed by atoms with van der Waals surface area (Å²) in [5.74, 6) is -0.851. The smallest absolute Gasteiger partial charge is 0.271 e. The molecule has 0 radical (unpaired) electrons. The summed E-state index contributed by atoms with van der Waals surface area (Å²) < 4.78 is 0.820. The molecule has 0 aliphatic heterocycles. The number of halogens is 2. The first-order chi connectivity index (χ1) is 11.4. The highest BCUT2D eigenvalue weighted by molar-refractivity contribution is 9.10. The Morgan fingerprint density at radius 2 is 1.79 bits per heavy atom. The fraction of sp³-hybridized carbons (Fsp3) is 0.0625. The highest BCUT2D eigenvalue weighted by atomic mass is 79.9. The fourth-order valence-electron chi connectivity index (χ4n) is 1.77. The van der Waals surface area contributed by atoms with Crippen LogP contribution in [0.25, 0.3) is 0 Å². The van der Waals surface area contributed by atoms with Crippen molar-refractivity contribution >= 4 is 56.7 Å². The van der Waals surface area contributed by atoms with Crippen molar-refractivity contribution in [1.82, 2.24) is 16.2 Å². The molecule has 0 aliphatic rings. The standard InChI is InChI=1S/C16H13BrClN3O2S/c1-9-6-7-10(8-12(9)17)14(22)19-16(24)21-20-15(23)11-4-2-3-5-13(11)18/h2-8H,1H3,(H,20,23)(H2,19,21,22,24). The Balaban J connectivity index is 1.91. The number of hydrogen-bond acceptors (Lipinski definition) is 3. The first kappa shape index (κ1) is 18.4. The zero-order valence-corrected chi connectivity index (χ0v) is 15.7. The predicted molar refractivity (Wildman–Crippen MR) is 101 cm³/mol. The molecule has 0 saturated heterocycles. The molecule has 2 amide bonds. The zero-order valence-electron chi connectivity index (χ0n) is 12.5. The molecule has 3 N–H and O–H groups in total. The Labute approximate surface area is 157 Å². The highest BCUT2D eigenvalue weighted by Crippen LogP contribution is 2.17. The number of carbonyl (C=O) groups excluding carboxylic acids is 2. The van der Waals surface area contributed by atoms with Crippen molar-refractivity contribution in [3.05, 3.63) is 68.7 Å². The highest BCUT2D eigenvalue weighted by Gasteiger charge is 2.12. The Hall–Kier alpha value is -1.96. The molecule has 0 bridgehead atoms. The third-order valence-electron chi connectivity index (χ3n) is 3.07. The van der Waals surface area contributed by atoms with E-state index >= 15 is 0 Å². The van der Waals surface area contributed by atoms with E-state index in [1.807, 2.05) is 13.0 Å². The molecule has 24 heavy (non-hydrogen) atoms. The third kappa shape index (κ3) is 4.77. The zero-order chi connectivity index (χ0) is 17.7. The van der Waals surface area contributed by atoms with Crippen molar-refractivity contribution in [2.75, 3.05) is 0 Å². The van der Waals surface area contributed by atoms with Crippen LogP contribution in [-0.2, 0) is 0 Å². The molecule has 124 valence electrons. The molecule has 0 aliphatic carbocycles. The quantitative estimate of drug-likeness (QED) is 0.509. The molecular formula is C16H13BrClN3O2S. The van der Waals surface area contributed by atoms with Crippen molar-refractivity contribution in [3.63, 3.8) is 0 Å². The number of thiocarbonyl (C=S) groups is 1. The van der Waals surface area contributed by atoms with Gasteiger partial charge in [-0.15, -0.1) is 0 Å². The number of nitrogens with one attached hydrogen (secondary N) is 3. The van der Waals surface area contributed by atoms with E-state index in [0.717, 1.165) is 10.0 Å². The van der Waals surface area contributed by atoms with Gasteiger partial charge < -0.3 is 0 Å². The molecule has 0 unspecified atom stereocenters. The summed E-state index contributed by atoms with van der Waals surface area (Å²) in [5, 5.41) is 2.76. The Morgan fingerprint density at radius 3 is 2.46 bits per heavy atom. The molecule has 0 atom stereocenters. The second kappa shape index (κ2) is 8.23. The van der Waals surface area contributed by atoms with Gasteiger partial charge >= 0.3 is 0 Å². The fourth-order valence-corrected chi connectivity index (χ4v) is 2.51. The summed E-state index contributed by atoms with van der Waals surface area (Å²) in [7, 11) is 0. The SMILES string of the molecule is Cc1ccc(C(=O)NC(=S)NNC(=O)c2ccccc2Cl)cc1Br. The average Bonchev–Trinajstić information content (AvgIpc) is 2.55. The van der Waals surface area contributed by atoms with Gasteiger partial charge in [0, 0.05) is 10.0 Å². The number of amides is 2. The second-order valence-electron chi connectivity index (χ2n) is 4.81. The molecule has 2 rings (SSSR count). The minimum atomic E-state index is -0.463. The van der Waals surface area contributed by atoms with Crippen LogP contribution in [0, 0.1) is 6.92 Å². The molecule has 2 aromatic rings. The summed E-state index contributed by atoms with van der Waals surface area (Å²) >= 11 is 14.3. The number of aryl methyl sites for hydroxylation is 1. The van der Waals surface area contributed by atoms with Crippen LogP contribution in [0.4, 0.5) is 0 Å². The predicted octanol–water partition coefficient (Wildman–Crippen LogP) is 3.36. The molecule has 0 spiro atoms. The van der Waals surface area contributed by atoms with Crippen LogP contribution >= 0.6 is 39.7 Å². The topological polar surface area (TPSA) is 70.2 Å². The monoisotopic (exact) mass is 425 g/mol. The summed E-state index contributed by atoms with van der Waals surface area (Å²) in [6.45, 7) is 1.92. The van der Waals surface area contributed by atoms with Crippen molar-refractivity contribution in [2.45, 2.75) is 6.92 Å². The summed E-state index contributed by atoms with van der Waals surface area (Å²) in [6, 6.07) is 11.8. The first-order valence-electron chi connectivity index (χ1n) is 6.81. The van der Waals surface area contributed by atoms with Gasteiger partial charge in [0.05, 0.1) is 10.6 Å². The third-order valence-corrected chi connectivity index (χ3v) is 4.46. The van der Waals surface area contributed by atoms with Crippen molar-refractivity contribution in [2.24, 2.45) is 0 Å². The molecule has 0 saturated carbocycles. The van der Waals surface area contributed by atoms with Gasteiger partial charge in [-0.3, -0.25) is 25.8 Å².